The Morgan fingerprint density at radius 1 is 1.24 bits per heavy atom. The van der Waals surface area contributed by atoms with Crippen molar-refractivity contribution in [3.63, 3.8) is 0 Å². The number of H-pyrrole nitrogens is 1. The first-order chi connectivity index (χ1) is 9.95. The number of aromatic hydroxyl groups is 1. The molecule has 3 aromatic rings. The highest BCUT2D eigenvalue weighted by molar-refractivity contribution is 9.10. The van der Waals surface area contributed by atoms with Gasteiger partial charge < -0.3 is 10.8 Å². The number of nitrogens with one attached hydrogen (secondary N) is 1. The van der Waals surface area contributed by atoms with Gasteiger partial charge in [0.25, 0.3) is 0 Å². The molecule has 0 unspecified atom stereocenters. The molecule has 0 saturated heterocycles. The van der Waals surface area contributed by atoms with Crippen molar-refractivity contribution in [1.82, 2.24) is 20.2 Å². The molecule has 4 N–H and O–H groups in total. The Bertz CT molecular complexity index is 807. The minimum Gasteiger partial charge on any atom is -0.508 e. The monoisotopic (exact) mass is 347 g/mol. The van der Waals surface area contributed by atoms with Crippen LogP contribution in [0.2, 0.25) is 0 Å². The van der Waals surface area contributed by atoms with Gasteiger partial charge in [-0.15, -0.1) is 0 Å². The SMILES string of the molecule is CC(C)c1nc(N)c2c(-c3cc(O)cc(Br)c3)[nH]nc2n1. The van der Waals surface area contributed by atoms with E-state index in [-0.39, 0.29) is 11.7 Å². The molecule has 0 aliphatic heterocycles. The summed E-state index contributed by atoms with van der Waals surface area (Å²) < 4.78 is 0.763. The third-order valence-corrected chi connectivity index (χ3v) is 3.60. The molecular formula is C14H14BrN5O. The molecule has 0 amide bonds. The van der Waals surface area contributed by atoms with Crippen LogP contribution in [0.5, 0.6) is 5.75 Å². The fourth-order valence-corrected chi connectivity index (χ4v) is 2.64. The number of nitrogen functional groups attached to an aromatic ring is 1. The molecule has 0 atom stereocenters. The quantitative estimate of drug-likeness (QED) is 0.660. The van der Waals surface area contributed by atoms with Gasteiger partial charge >= 0.3 is 0 Å². The summed E-state index contributed by atoms with van der Waals surface area (Å²) in [5.74, 6) is 1.37. The first kappa shape index (κ1) is 13.8. The van der Waals surface area contributed by atoms with E-state index in [9.17, 15) is 5.11 Å². The van der Waals surface area contributed by atoms with Gasteiger partial charge in [0, 0.05) is 16.0 Å². The molecule has 0 spiro atoms. The Labute approximate surface area is 129 Å². The predicted octanol–water partition coefficient (Wildman–Crippen LogP) is 3.19. The summed E-state index contributed by atoms with van der Waals surface area (Å²) in [7, 11) is 0. The van der Waals surface area contributed by atoms with Crippen LogP contribution in [0.15, 0.2) is 22.7 Å². The Hall–Kier alpha value is -2.15. The number of halogens is 1. The van der Waals surface area contributed by atoms with E-state index in [2.05, 4.69) is 36.1 Å². The molecule has 0 bridgehead atoms. The van der Waals surface area contributed by atoms with E-state index in [4.69, 9.17) is 5.73 Å². The van der Waals surface area contributed by atoms with Gasteiger partial charge in [-0.3, -0.25) is 5.10 Å². The average molecular weight is 348 g/mol. The van der Waals surface area contributed by atoms with E-state index >= 15 is 0 Å². The van der Waals surface area contributed by atoms with Crippen LogP contribution >= 0.6 is 15.9 Å². The minimum absolute atomic E-state index is 0.153. The number of rotatable bonds is 2. The van der Waals surface area contributed by atoms with Crippen molar-refractivity contribution in [3.8, 4) is 17.0 Å². The van der Waals surface area contributed by atoms with Gasteiger partial charge in [-0.05, 0) is 18.2 Å². The molecule has 108 valence electrons. The number of nitrogens with zero attached hydrogens (tertiary/aromatic N) is 3. The zero-order chi connectivity index (χ0) is 15.1. The highest BCUT2D eigenvalue weighted by Gasteiger charge is 2.16. The maximum Gasteiger partial charge on any atom is 0.187 e. The van der Waals surface area contributed by atoms with E-state index in [0.717, 1.165) is 10.0 Å². The van der Waals surface area contributed by atoms with Crippen LogP contribution in [0.4, 0.5) is 5.82 Å². The summed E-state index contributed by atoms with van der Waals surface area (Å²) in [6.45, 7) is 4.00. The number of nitrogens with two attached hydrogens (primary N) is 1. The second-order valence-corrected chi connectivity index (χ2v) is 6.03. The lowest BCUT2D eigenvalue weighted by atomic mass is 10.1. The van der Waals surface area contributed by atoms with Crippen molar-refractivity contribution in [1.29, 1.82) is 0 Å². The van der Waals surface area contributed by atoms with E-state index < -0.39 is 0 Å². The summed E-state index contributed by atoms with van der Waals surface area (Å²) in [4.78, 5) is 8.76. The first-order valence-electron chi connectivity index (χ1n) is 6.47. The highest BCUT2D eigenvalue weighted by atomic mass is 79.9. The Morgan fingerprint density at radius 3 is 2.67 bits per heavy atom. The fraction of sp³-hybridized carbons (Fsp3) is 0.214. The summed E-state index contributed by atoms with van der Waals surface area (Å²) >= 11 is 3.35. The normalized spacial score (nSPS) is 11.4. The standard InChI is InChI=1S/C14H14BrN5O/c1-6(2)13-17-12(16)10-11(19-20-14(10)18-13)7-3-8(15)5-9(21)4-7/h3-6,21H,1-2H3,(H3,16,17,18,19,20). The summed E-state index contributed by atoms with van der Waals surface area (Å²) in [6.07, 6.45) is 0. The van der Waals surface area contributed by atoms with Gasteiger partial charge in [0.1, 0.15) is 17.4 Å². The summed E-state index contributed by atoms with van der Waals surface area (Å²) in [5, 5.41) is 17.5. The van der Waals surface area contributed by atoms with Gasteiger partial charge in [-0.2, -0.15) is 5.10 Å². The fourth-order valence-electron chi connectivity index (χ4n) is 2.15. The minimum atomic E-state index is 0.153. The van der Waals surface area contributed by atoms with Crippen molar-refractivity contribution in [2.75, 3.05) is 5.73 Å². The maximum atomic E-state index is 9.72. The van der Waals surface area contributed by atoms with Crippen LogP contribution in [-0.2, 0) is 0 Å². The Kier molecular flexibility index (Phi) is 3.29. The lowest BCUT2D eigenvalue weighted by Crippen LogP contribution is -2.02. The molecule has 21 heavy (non-hydrogen) atoms. The van der Waals surface area contributed by atoms with Crippen LogP contribution < -0.4 is 5.73 Å². The molecule has 2 heterocycles. The molecule has 1 aromatic carbocycles. The van der Waals surface area contributed by atoms with Crippen LogP contribution in [0, 0.1) is 0 Å². The zero-order valence-electron chi connectivity index (χ0n) is 11.6. The van der Waals surface area contributed by atoms with E-state index in [0.29, 0.717) is 28.4 Å². The third kappa shape index (κ3) is 2.44. The molecule has 0 aliphatic rings. The summed E-state index contributed by atoms with van der Waals surface area (Å²) in [5.41, 5.74) is 8.05. The second kappa shape index (κ2) is 5.00. The van der Waals surface area contributed by atoms with Crippen molar-refractivity contribution in [2.24, 2.45) is 0 Å². The van der Waals surface area contributed by atoms with Crippen molar-refractivity contribution in [2.45, 2.75) is 19.8 Å². The topological polar surface area (TPSA) is 101 Å². The van der Waals surface area contributed by atoms with Crippen LogP contribution in [0.3, 0.4) is 0 Å². The number of aromatic amines is 1. The lowest BCUT2D eigenvalue weighted by molar-refractivity contribution is 0.475. The number of anilines is 1. The van der Waals surface area contributed by atoms with Crippen molar-refractivity contribution < 1.29 is 5.11 Å². The number of phenolic OH excluding ortho intramolecular Hbond substituents is 1. The van der Waals surface area contributed by atoms with E-state index in [1.807, 2.05) is 19.9 Å². The smallest absolute Gasteiger partial charge is 0.187 e. The summed E-state index contributed by atoms with van der Waals surface area (Å²) in [6, 6.07) is 5.11. The molecule has 0 fully saturated rings. The van der Waals surface area contributed by atoms with Crippen molar-refractivity contribution in [3.05, 3.63) is 28.5 Å². The zero-order valence-corrected chi connectivity index (χ0v) is 13.1. The number of phenols is 1. The molecule has 3 rings (SSSR count). The van der Waals surface area contributed by atoms with Gasteiger partial charge in [0.15, 0.2) is 5.65 Å². The largest absolute Gasteiger partial charge is 0.508 e. The number of benzene rings is 1. The van der Waals surface area contributed by atoms with E-state index in [1.54, 1.807) is 12.1 Å². The van der Waals surface area contributed by atoms with Crippen LogP contribution in [0.25, 0.3) is 22.3 Å². The van der Waals surface area contributed by atoms with E-state index in [1.165, 1.54) is 0 Å². The molecule has 6 nitrogen and oxygen atoms in total. The van der Waals surface area contributed by atoms with Gasteiger partial charge in [-0.1, -0.05) is 29.8 Å². The number of hydrogen-bond donors (Lipinski definition) is 3. The number of aromatic nitrogens is 4. The lowest BCUT2D eigenvalue weighted by Gasteiger charge is -2.06. The number of fused-ring (bicyclic) bond motifs is 1. The molecule has 0 saturated carbocycles. The van der Waals surface area contributed by atoms with Crippen molar-refractivity contribution >= 4 is 32.8 Å². The Balaban J connectivity index is 2.25. The highest BCUT2D eigenvalue weighted by Crippen LogP contribution is 2.33. The van der Waals surface area contributed by atoms with Crippen LogP contribution in [-0.4, -0.2) is 25.3 Å². The van der Waals surface area contributed by atoms with Crippen LogP contribution in [0.1, 0.15) is 25.6 Å². The van der Waals surface area contributed by atoms with Gasteiger partial charge in [0.2, 0.25) is 0 Å². The average Bonchev–Trinajstić information content (AvgIpc) is 2.81. The molecule has 0 aliphatic carbocycles. The molecule has 0 radical (unpaired) electrons. The Morgan fingerprint density at radius 2 is 2.00 bits per heavy atom. The molecule has 2 aromatic heterocycles. The van der Waals surface area contributed by atoms with Gasteiger partial charge in [0.05, 0.1) is 11.1 Å². The molecule has 7 heteroatoms. The first-order valence-corrected chi connectivity index (χ1v) is 7.26. The van der Waals surface area contributed by atoms with Gasteiger partial charge in [-0.25, -0.2) is 9.97 Å². The third-order valence-electron chi connectivity index (χ3n) is 3.15. The molecular weight excluding hydrogens is 334 g/mol. The predicted molar refractivity (Wildman–Crippen MR) is 85.0 cm³/mol. The number of hydrogen-bond acceptors (Lipinski definition) is 5. The maximum absolute atomic E-state index is 9.72. The second-order valence-electron chi connectivity index (χ2n) is 5.12.